The Morgan fingerprint density at radius 2 is 1.85 bits per heavy atom. The Labute approximate surface area is 240 Å². The van der Waals surface area contributed by atoms with Gasteiger partial charge in [-0.25, -0.2) is 0 Å². The quantitative estimate of drug-likeness (QED) is 0.134. The fraction of sp³-hybridized carbons (Fsp3) is 0.400. The Balaban J connectivity index is 1.81. The molecule has 0 fully saturated rings. The molecule has 1 aromatic heterocycles. The van der Waals surface area contributed by atoms with E-state index in [1.165, 1.54) is 29.2 Å². The maximum absolute atomic E-state index is 13.7. The van der Waals surface area contributed by atoms with Crippen molar-refractivity contribution in [3.8, 4) is 0 Å². The lowest BCUT2D eigenvalue weighted by atomic mass is 10.1. The van der Waals surface area contributed by atoms with Crippen LogP contribution in [0.25, 0.3) is 0 Å². The third-order valence-corrected chi connectivity index (χ3v) is 6.72. The highest BCUT2D eigenvalue weighted by Gasteiger charge is 2.24. The van der Waals surface area contributed by atoms with E-state index in [-0.39, 0.29) is 36.2 Å². The molecule has 0 spiro atoms. The number of ether oxygens (including phenoxy) is 1. The van der Waals surface area contributed by atoms with Gasteiger partial charge in [0.15, 0.2) is 0 Å². The van der Waals surface area contributed by atoms with Crippen molar-refractivity contribution in [1.29, 1.82) is 0 Å². The van der Waals surface area contributed by atoms with Crippen molar-refractivity contribution in [2.45, 2.75) is 40.3 Å². The predicted octanol–water partition coefficient (Wildman–Crippen LogP) is 5.65. The van der Waals surface area contributed by atoms with Gasteiger partial charge in [-0.15, -0.1) is 0 Å². The van der Waals surface area contributed by atoms with Crippen LogP contribution in [0.4, 0.5) is 5.69 Å². The van der Waals surface area contributed by atoms with Crippen molar-refractivity contribution >= 4 is 29.1 Å². The standard InChI is InChI=1S/C30H37ClN4O5/c1-4-40-17-9-16-33(30(37)24-11-7-12-26(18-24)35(38)39)22-29(36)34(19-23(2)3)21-27-13-8-15-32(27)20-25-10-5-6-14-28(25)31/h5-8,10-15,18,23H,4,9,16-17,19-22H2,1-3H3. The largest absolute Gasteiger partial charge is 0.382 e. The zero-order valence-electron chi connectivity index (χ0n) is 23.3. The molecule has 0 aliphatic carbocycles. The number of benzene rings is 2. The molecule has 40 heavy (non-hydrogen) atoms. The molecule has 2 amide bonds. The van der Waals surface area contributed by atoms with E-state index >= 15 is 0 Å². The van der Waals surface area contributed by atoms with Crippen LogP contribution in [-0.2, 0) is 22.6 Å². The first-order valence-electron chi connectivity index (χ1n) is 13.5. The molecule has 0 radical (unpaired) electrons. The number of carbonyl (C=O) groups is 2. The van der Waals surface area contributed by atoms with Crippen molar-refractivity contribution < 1.29 is 19.2 Å². The lowest BCUT2D eigenvalue weighted by Gasteiger charge is -2.29. The number of hydrogen-bond donors (Lipinski definition) is 0. The third-order valence-electron chi connectivity index (χ3n) is 6.35. The molecule has 9 nitrogen and oxygen atoms in total. The number of non-ortho nitro benzene ring substituents is 1. The highest BCUT2D eigenvalue weighted by molar-refractivity contribution is 6.31. The smallest absolute Gasteiger partial charge is 0.270 e. The summed E-state index contributed by atoms with van der Waals surface area (Å²) in [5.74, 6) is -0.427. The fourth-order valence-electron chi connectivity index (χ4n) is 4.40. The Kier molecular flexibility index (Phi) is 11.7. The molecule has 2 aromatic carbocycles. The van der Waals surface area contributed by atoms with E-state index in [1.807, 2.05) is 63.4 Å². The number of halogens is 1. The molecule has 0 saturated heterocycles. The van der Waals surface area contributed by atoms with Gasteiger partial charge in [-0.05, 0) is 49.1 Å². The normalized spacial score (nSPS) is 11.0. The minimum absolute atomic E-state index is 0.147. The Bertz CT molecular complexity index is 1290. The van der Waals surface area contributed by atoms with E-state index in [0.717, 1.165) is 11.3 Å². The summed E-state index contributed by atoms with van der Waals surface area (Å²) in [7, 11) is 0. The number of carbonyl (C=O) groups excluding carboxylic acids is 2. The minimum atomic E-state index is -0.538. The highest BCUT2D eigenvalue weighted by atomic mass is 35.5. The maximum atomic E-state index is 13.7. The number of nitrogens with zero attached hydrogens (tertiary/aromatic N) is 4. The molecule has 0 aliphatic heterocycles. The van der Waals surface area contributed by atoms with Crippen LogP contribution in [0.15, 0.2) is 66.9 Å². The molecule has 0 aliphatic rings. The zero-order valence-corrected chi connectivity index (χ0v) is 24.0. The van der Waals surface area contributed by atoms with Gasteiger partial charge in [0.05, 0.1) is 11.5 Å². The van der Waals surface area contributed by atoms with Crippen LogP contribution < -0.4 is 0 Å². The fourth-order valence-corrected chi connectivity index (χ4v) is 4.60. The zero-order chi connectivity index (χ0) is 29.1. The van der Waals surface area contributed by atoms with E-state index in [1.54, 1.807) is 4.90 Å². The summed E-state index contributed by atoms with van der Waals surface area (Å²) < 4.78 is 7.50. The Morgan fingerprint density at radius 3 is 2.55 bits per heavy atom. The summed E-state index contributed by atoms with van der Waals surface area (Å²) >= 11 is 6.38. The van der Waals surface area contributed by atoms with Gasteiger partial charge >= 0.3 is 0 Å². The van der Waals surface area contributed by atoms with Crippen LogP contribution in [-0.4, -0.2) is 64.0 Å². The van der Waals surface area contributed by atoms with Crippen molar-refractivity contribution in [2.24, 2.45) is 5.92 Å². The topological polar surface area (TPSA) is 97.9 Å². The van der Waals surface area contributed by atoms with Crippen molar-refractivity contribution in [3.63, 3.8) is 0 Å². The molecule has 0 N–H and O–H groups in total. The molecule has 1 heterocycles. The van der Waals surface area contributed by atoms with E-state index in [0.29, 0.717) is 44.3 Å². The molecule has 0 unspecified atom stereocenters. The molecular weight excluding hydrogens is 532 g/mol. The van der Waals surface area contributed by atoms with Gasteiger partial charge in [-0.2, -0.15) is 0 Å². The third kappa shape index (κ3) is 8.93. The second kappa shape index (κ2) is 15.2. The molecule has 3 aromatic rings. The number of nitro benzene ring substituents is 1. The first kappa shape index (κ1) is 30.8. The average molecular weight is 569 g/mol. The van der Waals surface area contributed by atoms with Gasteiger partial charge in [0.1, 0.15) is 6.54 Å². The van der Waals surface area contributed by atoms with E-state index in [4.69, 9.17) is 16.3 Å². The molecule has 0 atom stereocenters. The summed E-state index contributed by atoms with van der Waals surface area (Å²) in [6, 6.07) is 17.2. The SMILES string of the molecule is CCOCCCN(CC(=O)N(Cc1cccn1Cc1ccccc1Cl)CC(C)C)C(=O)c1cccc([N+](=O)[O-])c1. The number of rotatable bonds is 15. The Hall–Kier alpha value is -3.69. The lowest BCUT2D eigenvalue weighted by Crippen LogP contribution is -2.44. The highest BCUT2D eigenvalue weighted by Crippen LogP contribution is 2.19. The molecule has 10 heteroatoms. The van der Waals surface area contributed by atoms with Crippen LogP contribution in [0, 0.1) is 16.0 Å². The van der Waals surface area contributed by atoms with E-state index < -0.39 is 10.8 Å². The number of hydrogen-bond acceptors (Lipinski definition) is 5. The Morgan fingerprint density at radius 1 is 1.07 bits per heavy atom. The van der Waals surface area contributed by atoms with Gasteiger partial charge in [0.2, 0.25) is 5.91 Å². The van der Waals surface area contributed by atoms with Crippen LogP contribution in [0.2, 0.25) is 5.02 Å². The van der Waals surface area contributed by atoms with E-state index in [9.17, 15) is 19.7 Å². The molecule has 214 valence electrons. The van der Waals surface area contributed by atoms with Crippen molar-refractivity contribution in [1.82, 2.24) is 14.4 Å². The van der Waals surface area contributed by atoms with Gasteiger partial charge in [0.25, 0.3) is 11.6 Å². The first-order chi connectivity index (χ1) is 19.2. The lowest BCUT2D eigenvalue weighted by molar-refractivity contribution is -0.384. The summed E-state index contributed by atoms with van der Waals surface area (Å²) in [5.41, 5.74) is 1.92. The summed E-state index contributed by atoms with van der Waals surface area (Å²) in [5, 5.41) is 11.9. The van der Waals surface area contributed by atoms with Gasteiger partial charge in [-0.3, -0.25) is 19.7 Å². The molecular formula is C30H37ClN4O5. The minimum Gasteiger partial charge on any atom is -0.382 e. The van der Waals surface area contributed by atoms with Gasteiger partial charge in [-0.1, -0.05) is 49.7 Å². The monoisotopic (exact) mass is 568 g/mol. The summed E-state index contributed by atoms with van der Waals surface area (Å²) in [6.45, 7) is 8.54. The maximum Gasteiger partial charge on any atom is 0.270 e. The molecule has 3 rings (SSSR count). The predicted molar refractivity (Wildman–Crippen MR) is 155 cm³/mol. The van der Waals surface area contributed by atoms with Crippen molar-refractivity contribution in [2.75, 3.05) is 32.8 Å². The van der Waals surface area contributed by atoms with Crippen LogP contribution >= 0.6 is 11.6 Å². The second-order valence-electron chi connectivity index (χ2n) is 9.97. The summed E-state index contributed by atoms with van der Waals surface area (Å²) in [4.78, 5) is 41.1. The van der Waals surface area contributed by atoms with Gasteiger partial charge in [0, 0.05) is 67.5 Å². The van der Waals surface area contributed by atoms with Crippen LogP contribution in [0.3, 0.4) is 0 Å². The molecule has 0 bridgehead atoms. The van der Waals surface area contributed by atoms with Gasteiger partial charge < -0.3 is 19.1 Å². The second-order valence-corrected chi connectivity index (χ2v) is 10.4. The number of aromatic nitrogens is 1. The van der Waals surface area contributed by atoms with Crippen molar-refractivity contribution in [3.05, 3.63) is 98.8 Å². The van der Waals surface area contributed by atoms with Crippen LogP contribution in [0.5, 0.6) is 0 Å². The average Bonchev–Trinajstić information content (AvgIpc) is 3.37. The molecule has 0 saturated carbocycles. The number of amides is 2. The van der Waals surface area contributed by atoms with Crippen LogP contribution in [0.1, 0.15) is 48.8 Å². The first-order valence-corrected chi connectivity index (χ1v) is 13.8. The number of nitro groups is 1. The summed E-state index contributed by atoms with van der Waals surface area (Å²) in [6.07, 6.45) is 2.50. The van der Waals surface area contributed by atoms with E-state index in [2.05, 4.69) is 4.57 Å².